The summed E-state index contributed by atoms with van der Waals surface area (Å²) in [6, 6.07) is 0. The summed E-state index contributed by atoms with van der Waals surface area (Å²) in [5.74, 6) is 0. The van der Waals surface area contributed by atoms with Crippen molar-refractivity contribution in [3.8, 4) is 0 Å². The molecule has 0 radical (unpaired) electrons. The first-order valence-electron chi connectivity index (χ1n) is 6.00. The van der Waals surface area contributed by atoms with Crippen molar-refractivity contribution < 1.29 is 5.11 Å². The zero-order chi connectivity index (χ0) is 11.5. The lowest BCUT2D eigenvalue weighted by Crippen LogP contribution is -2.41. The van der Waals surface area contributed by atoms with Crippen molar-refractivity contribution in [1.29, 1.82) is 0 Å². The highest BCUT2D eigenvalue weighted by molar-refractivity contribution is 4.89. The molecule has 1 rings (SSSR count). The quantitative estimate of drug-likeness (QED) is 0.719. The van der Waals surface area contributed by atoms with E-state index in [-0.39, 0.29) is 0 Å². The Kier molecular flexibility index (Phi) is 4.15. The van der Waals surface area contributed by atoms with Crippen LogP contribution >= 0.6 is 0 Å². The van der Waals surface area contributed by atoms with Gasteiger partial charge in [-0.2, -0.15) is 0 Å². The molecular weight excluding hydrogens is 188 g/mol. The summed E-state index contributed by atoms with van der Waals surface area (Å²) in [4.78, 5) is 2.39. The summed E-state index contributed by atoms with van der Waals surface area (Å²) < 4.78 is 0. The number of nitrogens with zero attached hydrogens (tertiary/aromatic N) is 1. The number of β-amino-alcohol motifs (C(OH)–C–C–N with tert-alkyl or cyclic N) is 1. The van der Waals surface area contributed by atoms with Gasteiger partial charge in [0, 0.05) is 26.2 Å². The Morgan fingerprint density at radius 2 is 2.20 bits per heavy atom. The maximum absolute atomic E-state index is 9.91. The van der Waals surface area contributed by atoms with Crippen molar-refractivity contribution in [1.82, 2.24) is 10.2 Å². The zero-order valence-electron chi connectivity index (χ0n) is 10.6. The molecule has 0 aromatic carbocycles. The predicted octanol–water partition coefficient (Wildman–Crippen LogP) is 1.08. The second kappa shape index (κ2) is 4.81. The standard InChI is InChI=1S/C12H26N2O/c1-5-11(2,8-13-4)9-14-7-6-12(3,15)10-14/h13,15H,5-10H2,1-4H3. The Labute approximate surface area is 93.9 Å². The Morgan fingerprint density at radius 3 is 2.60 bits per heavy atom. The highest BCUT2D eigenvalue weighted by Crippen LogP contribution is 2.27. The monoisotopic (exact) mass is 214 g/mol. The van der Waals surface area contributed by atoms with E-state index in [4.69, 9.17) is 0 Å². The Bertz CT molecular complexity index is 206. The van der Waals surface area contributed by atoms with Gasteiger partial charge in [0.1, 0.15) is 0 Å². The average molecular weight is 214 g/mol. The summed E-state index contributed by atoms with van der Waals surface area (Å²) in [6.07, 6.45) is 2.08. The molecule has 15 heavy (non-hydrogen) atoms. The van der Waals surface area contributed by atoms with E-state index in [0.717, 1.165) is 32.6 Å². The SMILES string of the molecule is CCC(C)(CNC)CN1CCC(C)(O)C1. The van der Waals surface area contributed by atoms with Gasteiger partial charge in [-0.05, 0) is 32.2 Å². The molecule has 0 spiro atoms. The first-order chi connectivity index (χ1) is 6.91. The molecule has 1 aliphatic heterocycles. The van der Waals surface area contributed by atoms with Gasteiger partial charge in [-0.25, -0.2) is 0 Å². The molecule has 0 amide bonds. The predicted molar refractivity (Wildman–Crippen MR) is 64.0 cm³/mol. The van der Waals surface area contributed by atoms with E-state index in [2.05, 4.69) is 24.1 Å². The average Bonchev–Trinajstić information content (AvgIpc) is 2.46. The number of hydrogen-bond donors (Lipinski definition) is 2. The minimum Gasteiger partial charge on any atom is -0.389 e. The minimum atomic E-state index is -0.464. The van der Waals surface area contributed by atoms with Crippen LogP contribution < -0.4 is 5.32 Å². The number of likely N-dealkylation sites (tertiary alicyclic amines) is 1. The Balaban J connectivity index is 2.46. The Hall–Kier alpha value is -0.120. The molecule has 3 heteroatoms. The summed E-state index contributed by atoms with van der Waals surface area (Å²) >= 11 is 0. The van der Waals surface area contributed by atoms with Gasteiger partial charge < -0.3 is 10.4 Å². The van der Waals surface area contributed by atoms with Gasteiger partial charge in [0.25, 0.3) is 0 Å². The molecule has 1 fully saturated rings. The van der Waals surface area contributed by atoms with E-state index in [9.17, 15) is 5.11 Å². The van der Waals surface area contributed by atoms with E-state index in [0.29, 0.717) is 5.41 Å². The van der Waals surface area contributed by atoms with Crippen molar-refractivity contribution in [2.75, 3.05) is 33.2 Å². The summed E-state index contributed by atoms with van der Waals surface area (Å²) in [7, 11) is 2.01. The molecule has 0 aromatic rings. The van der Waals surface area contributed by atoms with Crippen molar-refractivity contribution in [3.63, 3.8) is 0 Å². The molecular formula is C12H26N2O. The van der Waals surface area contributed by atoms with Gasteiger partial charge >= 0.3 is 0 Å². The first-order valence-corrected chi connectivity index (χ1v) is 6.00. The van der Waals surface area contributed by atoms with Crippen molar-refractivity contribution in [2.45, 2.75) is 39.2 Å². The fourth-order valence-corrected chi connectivity index (χ4v) is 2.43. The third-order valence-electron chi connectivity index (χ3n) is 3.59. The molecule has 2 N–H and O–H groups in total. The van der Waals surface area contributed by atoms with Gasteiger partial charge in [-0.15, -0.1) is 0 Å². The first kappa shape index (κ1) is 12.9. The third-order valence-corrected chi connectivity index (χ3v) is 3.59. The lowest BCUT2D eigenvalue weighted by atomic mass is 9.87. The molecule has 2 unspecified atom stereocenters. The lowest BCUT2D eigenvalue weighted by molar-refractivity contribution is 0.0616. The molecule has 0 bridgehead atoms. The smallest absolute Gasteiger partial charge is 0.0758 e. The third kappa shape index (κ3) is 3.74. The van der Waals surface area contributed by atoms with Crippen LogP contribution in [0.2, 0.25) is 0 Å². The number of aliphatic hydroxyl groups is 1. The van der Waals surface area contributed by atoms with Gasteiger partial charge in [0.2, 0.25) is 0 Å². The van der Waals surface area contributed by atoms with Crippen LogP contribution in [0.5, 0.6) is 0 Å². The van der Waals surface area contributed by atoms with Gasteiger partial charge in [0.15, 0.2) is 0 Å². The van der Waals surface area contributed by atoms with E-state index in [1.165, 1.54) is 6.42 Å². The topological polar surface area (TPSA) is 35.5 Å². The molecule has 1 saturated heterocycles. The normalized spacial score (nSPS) is 31.8. The maximum atomic E-state index is 9.91. The van der Waals surface area contributed by atoms with Crippen LogP contribution in [0.4, 0.5) is 0 Å². The minimum absolute atomic E-state index is 0.329. The number of hydrogen-bond acceptors (Lipinski definition) is 3. The van der Waals surface area contributed by atoms with Crippen molar-refractivity contribution in [2.24, 2.45) is 5.41 Å². The number of rotatable bonds is 5. The summed E-state index contributed by atoms with van der Waals surface area (Å²) in [6.45, 7) is 10.5. The molecule has 1 aliphatic rings. The van der Waals surface area contributed by atoms with Gasteiger partial charge in [0.05, 0.1) is 5.60 Å². The van der Waals surface area contributed by atoms with Crippen LogP contribution in [0.3, 0.4) is 0 Å². The molecule has 0 saturated carbocycles. The number of nitrogens with one attached hydrogen (secondary N) is 1. The van der Waals surface area contributed by atoms with Crippen molar-refractivity contribution >= 4 is 0 Å². The molecule has 3 nitrogen and oxygen atoms in total. The largest absolute Gasteiger partial charge is 0.389 e. The molecule has 0 aromatic heterocycles. The fourth-order valence-electron chi connectivity index (χ4n) is 2.43. The lowest BCUT2D eigenvalue weighted by Gasteiger charge is -2.33. The van der Waals surface area contributed by atoms with E-state index < -0.39 is 5.60 Å². The summed E-state index contributed by atoms with van der Waals surface area (Å²) in [5.41, 5.74) is -0.135. The maximum Gasteiger partial charge on any atom is 0.0758 e. The summed E-state index contributed by atoms with van der Waals surface area (Å²) in [5, 5.41) is 13.2. The van der Waals surface area contributed by atoms with Crippen LogP contribution in [0.25, 0.3) is 0 Å². The van der Waals surface area contributed by atoms with Crippen LogP contribution in [0.1, 0.15) is 33.6 Å². The van der Waals surface area contributed by atoms with E-state index in [1.54, 1.807) is 0 Å². The van der Waals surface area contributed by atoms with Crippen LogP contribution in [0.15, 0.2) is 0 Å². The van der Waals surface area contributed by atoms with E-state index in [1.807, 2.05) is 14.0 Å². The van der Waals surface area contributed by atoms with Crippen LogP contribution in [-0.2, 0) is 0 Å². The van der Waals surface area contributed by atoms with Crippen molar-refractivity contribution in [3.05, 3.63) is 0 Å². The molecule has 90 valence electrons. The highest BCUT2D eigenvalue weighted by atomic mass is 16.3. The van der Waals surface area contributed by atoms with Crippen LogP contribution in [-0.4, -0.2) is 48.8 Å². The van der Waals surface area contributed by atoms with E-state index >= 15 is 0 Å². The second-order valence-corrected chi connectivity index (χ2v) is 5.65. The molecule has 1 heterocycles. The van der Waals surface area contributed by atoms with Gasteiger partial charge in [-0.3, -0.25) is 4.90 Å². The highest BCUT2D eigenvalue weighted by Gasteiger charge is 2.34. The fraction of sp³-hybridized carbons (Fsp3) is 1.00. The Morgan fingerprint density at radius 1 is 1.53 bits per heavy atom. The molecule has 0 aliphatic carbocycles. The van der Waals surface area contributed by atoms with Crippen LogP contribution in [0, 0.1) is 5.41 Å². The zero-order valence-corrected chi connectivity index (χ0v) is 10.6. The molecule has 2 atom stereocenters. The second-order valence-electron chi connectivity index (χ2n) is 5.65. The van der Waals surface area contributed by atoms with Gasteiger partial charge in [-0.1, -0.05) is 13.8 Å².